The molecule has 2 heteroatoms. The summed E-state index contributed by atoms with van der Waals surface area (Å²) in [6, 6.07) is 6.03. The third-order valence-electron chi connectivity index (χ3n) is 3.45. The molecule has 0 aromatic heterocycles. The van der Waals surface area contributed by atoms with E-state index in [0.29, 0.717) is 11.5 Å². The van der Waals surface area contributed by atoms with E-state index in [1.807, 2.05) is 19.1 Å². The molecule has 0 amide bonds. The van der Waals surface area contributed by atoms with Crippen LogP contribution in [0.4, 0.5) is 4.39 Å². The van der Waals surface area contributed by atoms with Crippen molar-refractivity contribution in [1.82, 2.24) is 5.32 Å². The number of nitrogens with one attached hydrogen (secondary N) is 1. The van der Waals surface area contributed by atoms with E-state index in [9.17, 15) is 4.39 Å². The highest BCUT2D eigenvalue weighted by Gasteiger charge is 2.20. The van der Waals surface area contributed by atoms with Crippen LogP contribution >= 0.6 is 0 Å². The summed E-state index contributed by atoms with van der Waals surface area (Å²) in [7, 11) is 0. The summed E-state index contributed by atoms with van der Waals surface area (Å²) in [5.74, 6) is 0.385. The normalized spacial score (nSPS) is 16.4. The second-order valence-electron chi connectivity index (χ2n) is 5.54. The lowest BCUT2D eigenvalue weighted by molar-refractivity contribution is 0.618. The van der Waals surface area contributed by atoms with Crippen molar-refractivity contribution in [3.63, 3.8) is 0 Å². The summed E-state index contributed by atoms with van der Waals surface area (Å²) in [4.78, 5) is 0. The molecule has 0 spiro atoms. The molecule has 0 atom stereocenters. The molecule has 2 rings (SSSR count). The van der Waals surface area contributed by atoms with Crippen LogP contribution in [0.25, 0.3) is 6.08 Å². The SMILES string of the molecule is Cc1cc(C=C(CNC2CC2)C(C)C)ccc1F. The van der Waals surface area contributed by atoms with Crippen molar-refractivity contribution >= 4 is 6.08 Å². The van der Waals surface area contributed by atoms with Gasteiger partial charge in [0.15, 0.2) is 0 Å². The second kappa shape index (κ2) is 5.66. The van der Waals surface area contributed by atoms with Gasteiger partial charge in [0, 0.05) is 12.6 Å². The number of hydrogen-bond donors (Lipinski definition) is 1. The number of benzene rings is 1. The molecule has 0 aliphatic heterocycles. The van der Waals surface area contributed by atoms with Crippen LogP contribution in [0.15, 0.2) is 23.8 Å². The van der Waals surface area contributed by atoms with Gasteiger partial charge in [-0.25, -0.2) is 4.39 Å². The molecule has 0 saturated heterocycles. The molecule has 1 aromatic carbocycles. The van der Waals surface area contributed by atoms with Crippen LogP contribution < -0.4 is 5.32 Å². The summed E-state index contributed by atoms with van der Waals surface area (Å²) < 4.78 is 13.2. The average molecular weight is 247 g/mol. The highest BCUT2D eigenvalue weighted by molar-refractivity contribution is 5.54. The fourth-order valence-electron chi connectivity index (χ4n) is 1.94. The molecule has 1 aromatic rings. The molecule has 0 radical (unpaired) electrons. The van der Waals surface area contributed by atoms with E-state index < -0.39 is 0 Å². The Kier molecular flexibility index (Phi) is 4.18. The molecule has 0 heterocycles. The van der Waals surface area contributed by atoms with Gasteiger partial charge in [0.1, 0.15) is 5.82 Å². The fraction of sp³-hybridized carbons (Fsp3) is 0.500. The Morgan fingerprint density at radius 1 is 1.44 bits per heavy atom. The highest BCUT2D eigenvalue weighted by atomic mass is 19.1. The molecule has 0 bridgehead atoms. The summed E-state index contributed by atoms with van der Waals surface area (Å²) in [6.45, 7) is 7.16. The highest BCUT2D eigenvalue weighted by Crippen LogP contribution is 2.21. The molecule has 98 valence electrons. The van der Waals surface area contributed by atoms with E-state index in [1.165, 1.54) is 18.4 Å². The van der Waals surface area contributed by atoms with Gasteiger partial charge < -0.3 is 5.32 Å². The van der Waals surface area contributed by atoms with Crippen molar-refractivity contribution in [2.24, 2.45) is 5.92 Å². The topological polar surface area (TPSA) is 12.0 Å². The molecule has 0 unspecified atom stereocenters. The van der Waals surface area contributed by atoms with E-state index in [1.54, 1.807) is 6.07 Å². The van der Waals surface area contributed by atoms with Gasteiger partial charge in [-0.15, -0.1) is 0 Å². The lowest BCUT2D eigenvalue weighted by Gasteiger charge is -2.13. The molecule has 1 N–H and O–H groups in total. The van der Waals surface area contributed by atoms with Crippen molar-refractivity contribution in [2.75, 3.05) is 6.54 Å². The Morgan fingerprint density at radius 3 is 2.72 bits per heavy atom. The molecule has 1 nitrogen and oxygen atoms in total. The van der Waals surface area contributed by atoms with Gasteiger partial charge in [-0.1, -0.05) is 31.6 Å². The van der Waals surface area contributed by atoms with Crippen LogP contribution in [0.2, 0.25) is 0 Å². The van der Waals surface area contributed by atoms with Crippen molar-refractivity contribution in [3.8, 4) is 0 Å². The van der Waals surface area contributed by atoms with Crippen molar-refractivity contribution in [1.29, 1.82) is 0 Å². The Hall–Kier alpha value is -1.15. The van der Waals surface area contributed by atoms with E-state index in [2.05, 4.69) is 25.2 Å². The lowest BCUT2D eigenvalue weighted by atomic mass is 9.99. The van der Waals surface area contributed by atoms with Gasteiger partial charge in [0.2, 0.25) is 0 Å². The third-order valence-corrected chi connectivity index (χ3v) is 3.45. The zero-order valence-electron chi connectivity index (χ0n) is 11.5. The predicted octanol–water partition coefficient (Wildman–Crippen LogP) is 3.93. The second-order valence-corrected chi connectivity index (χ2v) is 5.54. The summed E-state index contributed by atoms with van der Waals surface area (Å²) in [5, 5.41) is 3.54. The number of halogens is 1. The molecule has 1 fully saturated rings. The molecular weight excluding hydrogens is 225 g/mol. The van der Waals surface area contributed by atoms with Crippen LogP contribution in [0, 0.1) is 18.7 Å². The molecule has 1 aliphatic carbocycles. The van der Waals surface area contributed by atoms with Crippen LogP contribution in [-0.2, 0) is 0 Å². The number of hydrogen-bond acceptors (Lipinski definition) is 1. The van der Waals surface area contributed by atoms with Gasteiger partial charge in [-0.3, -0.25) is 0 Å². The zero-order valence-corrected chi connectivity index (χ0v) is 11.5. The summed E-state index contributed by atoms with van der Waals surface area (Å²) in [6.07, 6.45) is 4.80. The minimum Gasteiger partial charge on any atom is -0.310 e. The van der Waals surface area contributed by atoms with Gasteiger partial charge in [0.25, 0.3) is 0 Å². The van der Waals surface area contributed by atoms with Crippen molar-refractivity contribution in [2.45, 2.75) is 39.7 Å². The fourth-order valence-corrected chi connectivity index (χ4v) is 1.94. The van der Waals surface area contributed by atoms with E-state index in [-0.39, 0.29) is 5.82 Å². The molecular formula is C16H22FN. The van der Waals surface area contributed by atoms with Crippen molar-refractivity contribution < 1.29 is 4.39 Å². The van der Waals surface area contributed by atoms with E-state index >= 15 is 0 Å². The number of rotatable bonds is 5. The van der Waals surface area contributed by atoms with Crippen LogP contribution in [0.5, 0.6) is 0 Å². The first-order valence-corrected chi connectivity index (χ1v) is 6.76. The Labute approximate surface area is 109 Å². The lowest BCUT2D eigenvalue weighted by Crippen LogP contribution is -2.21. The minimum absolute atomic E-state index is 0.130. The van der Waals surface area contributed by atoms with Crippen LogP contribution in [0.3, 0.4) is 0 Å². The van der Waals surface area contributed by atoms with Gasteiger partial charge in [-0.05, 0) is 48.9 Å². The summed E-state index contributed by atoms with van der Waals surface area (Å²) in [5.41, 5.74) is 3.19. The Balaban J connectivity index is 2.11. The summed E-state index contributed by atoms with van der Waals surface area (Å²) >= 11 is 0. The zero-order chi connectivity index (χ0) is 13.1. The van der Waals surface area contributed by atoms with Gasteiger partial charge in [-0.2, -0.15) is 0 Å². The number of aryl methyl sites for hydroxylation is 1. The van der Waals surface area contributed by atoms with Crippen LogP contribution in [-0.4, -0.2) is 12.6 Å². The smallest absolute Gasteiger partial charge is 0.126 e. The average Bonchev–Trinajstić information content (AvgIpc) is 3.12. The molecule has 1 saturated carbocycles. The first kappa shape index (κ1) is 13.3. The Bertz CT molecular complexity index is 444. The minimum atomic E-state index is -0.130. The first-order chi connectivity index (χ1) is 8.56. The maximum absolute atomic E-state index is 13.2. The first-order valence-electron chi connectivity index (χ1n) is 6.76. The maximum Gasteiger partial charge on any atom is 0.126 e. The standard InChI is InChI=1S/C16H22FN/c1-11(2)14(10-18-15-5-6-15)9-13-4-7-16(17)12(3)8-13/h4,7-9,11,15,18H,5-6,10H2,1-3H3. The van der Waals surface area contributed by atoms with E-state index in [4.69, 9.17) is 0 Å². The third kappa shape index (κ3) is 3.67. The molecule has 18 heavy (non-hydrogen) atoms. The van der Waals surface area contributed by atoms with Gasteiger partial charge >= 0.3 is 0 Å². The monoisotopic (exact) mass is 247 g/mol. The quantitative estimate of drug-likeness (QED) is 0.831. The van der Waals surface area contributed by atoms with Crippen LogP contribution in [0.1, 0.15) is 37.8 Å². The molecule has 1 aliphatic rings. The maximum atomic E-state index is 13.2. The van der Waals surface area contributed by atoms with E-state index in [0.717, 1.165) is 18.2 Å². The van der Waals surface area contributed by atoms with Crippen molar-refractivity contribution in [3.05, 3.63) is 40.7 Å². The largest absolute Gasteiger partial charge is 0.310 e. The predicted molar refractivity (Wildman–Crippen MR) is 75.0 cm³/mol. The van der Waals surface area contributed by atoms with Gasteiger partial charge in [0.05, 0.1) is 0 Å². The Morgan fingerprint density at radius 2 is 2.17 bits per heavy atom.